The van der Waals surface area contributed by atoms with Crippen molar-refractivity contribution in [3.8, 4) is 11.5 Å². The predicted octanol–water partition coefficient (Wildman–Crippen LogP) is 2.93. The molecule has 200 valence electrons. The van der Waals surface area contributed by atoms with Crippen molar-refractivity contribution in [2.45, 2.75) is 57.7 Å². The summed E-state index contributed by atoms with van der Waals surface area (Å²) in [6.07, 6.45) is 2.54. The van der Waals surface area contributed by atoms with E-state index < -0.39 is 23.5 Å². The van der Waals surface area contributed by atoms with Gasteiger partial charge in [-0.3, -0.25) is 14.7 Å². The Bertz CT molecular complexity index is 1160. The third-order valence-electron chi connectivity index (χ3n) is 7.02. The second-order valence-corrected chi connectivity index (χ2v) is 10.8. The van der Waals surface area contributed by atoms with Gasteiger partial charge in [0.1, 0.15) is 5.60 Å². The van der Waals surface area contributed by atoms with E-state index in [-0.39, 0.29) is 24.5 Å². The Morgan fingerprint density at radius 1 is 1.16 bits per heavy atom. The van der Waals surface area contributed by atoms with Crippen LogP contribution >= 0.6 is 0 Å². The van der Waals surface area contributed by atoms with E-state index in [2.05, 4.69) is 14.6 Å². The minimum Gasteiger partial charge on any atom is -0.493 e. The molecule has 2 aliphatic heterocycles. The van der Waals surface area contributed by atoms with Crippen molar-refractivity contribution in [3.63, 3.8) is 0 Å². The van der Waals surface area contributed by atoms with Gasteiger partial charge in [0.05, 0.1) is 26.2 Å². The highest BCUT2D eigenvalue weighted by Crippen LogP contribution is 2.46. The number of aryl methyl sites for hydroxylation is 1. The largest absolute Gasteiger partial charge is 0.493 e. The fraction of sp³-hybridized carbons (Fsp3) is 0.536. The van der Waals surface area contributed by atoms with Gasteiger partial charge in [0.2, 0.25) is 0 Å². The number of carbonyl (C=O) groups is 2. The second kappa shape index (κ2) is 10.7. The number of esters is 2. The van der Waals surface area contributed by atoms with E-state index in [1.807, 2.05) is 52.0 Å². The minimum atomic E-state index is -0.641. The number of hydrogen-bond acceptors (Lipinski definition) is 9. The maximum absolute atomic E-state index is 13.6. The number of ether oxygens (including phenoxy) is 4. The summed E-state index contributed by atoms with van der Waals surface area (Å²) in [4.78, 5) is 32.2. The molecule has 0 aliphatic carbocycles. The first-order chi connectivity index (χ1) is 17.5. The lowest BCUT2D eigenvalue weighted by Gasteiger charge is -2.50. The van der Waals surface area contributed by atoms with Crippen LogP contribution in [0.15, 0.2) is 30.5 Å². The van der Waals surface area contributed by atoms with Crippen LogP contribution in [-0.4, -0.2) is 67.4 Å². The molecule has 1 aromatic heterocycles. The molecule has 2 N–H and O–H groups in total. The van der Waals surface area contributed by atoms with Gasteiger partial charge in [-0.15, -0.1) is 0 Å². The lowest BCUT2D eigenvalue weighted by atomic mass is 9.72. The first-order valence-corrected chi connectivity index (χ1v) is 12.6. The SMILES string of the molecule is COC(=O)COc1cc2c(cc1OC)[C@@H]1C(N)[C@H](C(=O)OC(C)(C)C)[C@@H](c3cc(C)ccn3)CN1CC2. The van der Waals surface area contributed by atoms with Crippen molar-refractivity contribution in [3.05, 3.63) is 52.8 Å². The van der Waals surface area contributed by atoms with Crippen LogP contribution in [-0.2, 0) is 25.5 Å². The molecular weight excluding hydrogens is 474 g/mol. The van der Waals surface area contributed by atoms with E-state index in [1.54, 1.807) is 13.3 Å². The zero-order valence-corrected chi connectivity index (χ0v) is 22.4. The van der Waals surface area contributed by atoms with E-state index in [1.165, 1.54) is 7.11 Å². The molecule has 4 rings (SSSR count). The molecule has 0 bridgehead atoms. The number of hydrogen-bond donors (Lipinski definition) is 1. The molecule has 2 aromatic rings. The molecule has 1 unspecified atom stereocenters. The van der Waals surface area contributed by atoms with Crippen molar-refractivity contribution in [1.29, 1.82) is 0 Å². The Morgan fingerprint density at radius 3 is 2.57 bits per heavy atom. The van der Waals surface area contributed by atoms with E-state index in [0.29, 0.717) is 18.0 Å². The van der Waals surface area contributed by atoms with Crippen molar-refractivity contribution in [1.82, 2.24) is 9.88 Å². The third kappa shape index (κ3) is 5.72. The molecule has 0 spiro atoms. The molecule has 37 heavy (non-hydrogen) atoms. The lowest BCUT2D eigenvalue weighted by Crippen LogP contribution is -2.59. The Morgan fingerprint density at radius 2 is 1.92 bits per heavy atom. The maximum Gasteiger partial charge on any atom is 0.343 e. The summed E-state index contributed by atoms with van der Waals surface area (Å²) in [5, 5.41) is 0. The van der Waals surface area contributed by atoms with E-state index in [4.69, 9.17) is 19.9 Å². The van der Waals surface area contributed by atoms with Gasteiger partial charge in [0, 0.05) is 36.9 Å². The van der Waals surface area contributed by atoms with E-state index >= 15 is 0 Å². The normalized spacial score (nSPS) is 23.4. The number of piperidine rings is 1. The van der Waals surface area contributed by atoms with Crippen LogP contribution in [0.3, 0.4) is 0 Å². The number of carbonyl (C=O) groups excluding carboxylic acids is 2. The van der Waals surface area contributed by atoms with Gasteiger partial charge in [-0.2, -0.15) is 0 Å². The number of pyridine rings is 1. The molecule has 1 fully saturated rings. The molecular formula is C28H37N3O6. The van der Waals surface area contributed by atoms with E-state index in [0.717, 1.165) is 35.3 Å². The monoisotopic (exact) mass is 511 g/mol. The fourth-order valence-electron chi connectivity index (χ4n) is 5.39. The summed E-state index contributed by atoms with van der Waals surface area (Å²) >= 11 is 0. The van der Waals surface area contributed by atoms with Gasteiger partial charge < -0.3 is 24.7 Å². The Balaban J connectivity index is 1.73. The van der Waals surface area contributed by atoms with Crippen molar-refractivity contribution >= 4 is 11.9 Å². The number of fused-ring (bicyclic) bond motifs is 3. The first kappa shape index (κ1) is 26.9. The highest BCUT2D eigenvalue weighted by Gasteiger charge is 2.50. The standard InChI is InChI=1S/C28H37N3O6/c1-16-7-9-30-20(11-16)19-14-31-10-8-17-12-22(36-15-23(32)35-6)21(34-5)13-18(17)26(31)25(29)24(19)27(33)37-28(2,3)4/h7,9,11-13,19,24-26H,8,10,14-15,29H2,1-6H3/t19-,24-,25?,26-/m1/s1. The number of aromatic nitrogens is 1. The summed E-state index contributed by atoms with van der Waals surface area (Å²) in [5.41, 5.74) is 10.3. The van der Waals surface area contributed by atoms with Crippen LogP contribution in [0, 0.1) is 12.8 Å². The minimum absolute atomic E-state index is 0.202. The summed E-state index contributed by atoms with van der Waals surface area (Å²) < 4.78 is 21.8. The highest BCUT2D eigenvalue weighted by atomic mass is 16.6. The maximum atomic E-state index is 13.6. The average Bonchev–Trinajstić information content (AvgIpc) is 2.84. The van der Waals surface area contributed by atoms with Gasteiger partial charge in [-0.05, 0) is 75.1 Å². The molecule has 0 radical (unpaired) electrons. The van der Waals surface area contributed by atoms with Crippen molar-refractivity contribution in [2.24, 2.45) is 11.7 Å². The fourth-order valence-corrected chi connectivity index (χ4v) is 5.39. The zero-order valence-electron chi connectivity index (χ0n) is 22.4. The molecule has 4 atom stereocenters. The Kier molecular flexibility index (Phi) is 7.75. The summed E-state index contributed by atoms with van der Waals surface area (Å²) in [6, 6.07) is 7.03. The summed E-state index contributed by atoms with van der Waals surface area (Å²) in [6.45, 7) is 8.78. The lowest BCUT2D eigenvalue weighted by molar-refractivity contribution is -0.164. The molecule has 2 aliphatic rings. The number of rotatable bonds is 6. The summed E-state index contributed by atoms with van der Waals surface area (Å²) in [5.74, 6) is -0.613. The molecule has 9 nitrogen and oxygen atoms in total. The van der Waals surface area contributed by atoms with Gasteiger partial charge in [0.25, 0.3) is 0 Å². The van der Waals surface area contributed by atoms with Gasteiger partial charge in [0.15, 0.2) is 18.1 Å². The van der Waals surface area contributed by atoms with Crippen LogP contribution in [0.1, 0.15) is 55.1 Å². The number of nitrogens with two attached hydrogens (primary N) is 1. The smallest absolute Gasteiger partial charge is 0.343 e. The van der Waals surface area contributed by atoms with Crippen molar-refractivity contribution < 1.29 is 28.5 Å². The summed E-state index contributed by atoms with van der Waals surface area (Å²) in [7, 11) is 2.87. The Hall–Kier alpha value is -3.17. The number of benzene rings is 1. The van der Waals surface area contributed by atoms with E-state index in [9.17, 15) is 9.59 Å². The first-order valence-electron chi connectivity index (χ1n) is 12.6. The molecule has 1 saturated heterocycles. The predicted molar refractivity (Wildman–Crippen MR) is 138 cm³/mol. The van der Waals surface area contributed by atoms with Gasteiger partial charge in [-0.1, -0.05) is 0 Å². The molecule has 9 heteroatoms. The Labute approximate surface area is 218 Å². The number of nitrogens with zero attached hydrogens (tertiary/aromatic N) is 2. The average molecular weight is 512 g/mol. The van der Waals surface area contributed by atoms with Crippen molar-refractivity contribution in [2.75, 3.05) is 33.9 Å². The van der Waals surface area contributed by atoms with Crippen LogP contribution in [0.4, 0.5) is 0 Å². The van der Waals surface area contributed by atoms with Crippen LogP contribution in [0.25, 0.3) is 0 Å². The third-order valence-corrected chi connectivity index (χ3v) is 7.02. The number of methoxy groups -OCH3 is 2. The zero-order chi connectivity index (χ0) is 26.9. The highest BCUT2D eigenvalue weighted by molar-refractivity contribution is 5.76. The van der Waals surface area contributed by atoms with Crippen LogP contribution in [0.2, 0.25) is 0 Å². The van der Waals surface area contributed by atoms with Crippen LogP contribution in [0.5, 0.6) is 11.5 Å². The topological polar surface area (TPSA) is 113 Å². The molecule has 3 heterocycles. The quantitative estimate of drug-likeness (QED) is 0.585. The second-order valence-electron chi connectivity index (χ2n) is 10.8. The van der Waals surface area contributed by atoms with Gasteiger partial charge in [-0.25, -0.2) is 4.79 Å². The molecule has 0 saturated carbocycles. The van der Waals surface area contributed by atoms with Gasteiger partial charge >= 0.3 is 11.9 Å². The van der Waals surface area contributed by atoms with Crippen LogP contribution < -0.4 is 15.2 Å². The molecule has 1 aromatic carbocycles. The molecule has 0 amide bonds.